The summed E-state index contributed by atoms with van der Waals surface area (Å²) < 4.78 is 7.45. The van der Waals surface area contributed by atoms with Crippen LogP contribution in [0.2, 0.25) is 0 Å². The Morgan fingerprint density at radius 2 is 1.50 bits per heavy atom. The highest BCUT2D eigenvalue weighted by Crippen LogP contribution is 2.25. The zero-order valence-electron chi connectivity index (χ0n) is 18.1. The molecule has 0 spiro atoms. The SMILES string of the molecule is CCCCCCCCc1cn(C(=O)OC(C)(C)C)c(CCC)c1CCC. The maximum Gasteiger partial charge on any atom is 0.418 e. The molecular weight excluding hydrogens is 322 g/mol. The number of aryl methyl sites for hydroxylation is 1. The molecule has 0 aliphatic carbocycles. The minimum absolute atomic E-state index is 0.229. The number of carbonyl (C=O) groups is 1. The molecule has 0 atom stereocenters. The highest BCUT2D eigenvalue weighted by atomic mass is 16.6. The van der Waals surface area contributed by atoms with E-state index in [1.807, 2.05) is 20.8 Å². The standard InChI is InChI=1S/C23H41NO2/c1-7-10-11-12-13-14-17-19-18-24(22(25)26-23(4,5)6)21(16-9-3)20(19)15-8-2/h18H,7-17H2,1-6H3. The lowest BCUT2D eigenvalue weighted by Crippen LogP contribution is -2.27. The van der Waals surface area contributed by atoms with Gasteiger partial charge in [-0.1, -0.05) is 65.7 Å². The fraction of sp³-hybridized carbons (Fsp3) is 0.783. The lowest BCUT2D eigenvalue weighted by Gasteiger charge is -2.20. The van der Waals surface area contributed by atoms with Gasteiger partial charge in [-0.2, -0.15) is 0 Å². The Kier molecular flexibility index (Phi) is 10.0. The Morgan fingerprint density at radius 1 is 0.885 bits per heavy atom. The van der Waals surface area contributed by atoms with Crippen molar-refractivity contribution in [2.75, 3.05) is 0 Å². The topological polar surface area (TPSA) is 31.2 Å². The second kappa shape index (κ2) is 11.5. The summed E-state index contributed by atoms with van der Waals surface area (Å²) in [5, 5.41) is 0. The molecule has 26 heavy (non-hydrogen) atoms. The van der Waals surface area contributed by atoms with Gasteiger partial charge in [-0.05, 0) is 57.6 Å². The van der Waals surface area contributed by atoms with Crippen molar-refractivity contribution in [3.05, 3.63) is 23.0 Å². The molecule has 0 radical (unpaired) electrons. The van der Waals surface area contributed by atoms with E-state index in [0.29, 0.717) is 0 Å². The van der Waals surface area contributed by atoms with E-state index >= 15 is 0 Å². The van der Waals surface area contributed by atoms with Crippen molar-refractivity contribution >= 4 is 6.09 Å². The summed E-state index contributed by atoms with van der Waals surface area (Å²) in [6, 6.07) is 0. The molecule has 0 amide bonds. The van der Waals surface area contributed by atoms with Gasteiger partial charge in [-0.15, -0.1) is 0 Å². The Labute approximate surface area is 161 Å². The summed E-state index contributed by atoms with van der Waals surface area (Å²) in [7, 11) is 0. The lowest BCUT2D eigenvalue weighted by atomic mass is 9.99. The predicted octanol–water partition coefficient (Wildman–Crippen LogP) is 7.08. The number of aromatic nitrogens is 1. The van der Waals surface area contributed by atoms with E-state index in [9.17, 15) is 4.79 Å². The fourth-order valence-corrected chi connectivity index (χ4v) is 3.49. The molecule has 0 saturated carbocycles. The number of nitrogens with zero attached hydrogens (tertiary/aromatic N) is 1. The summed E-state index contributed by atoms with van der Waals surface area (Å²) in [6.45, 7) is 12.4. The zero-order chi connectivity index (χ0) is 19.6. The maximum atomic E-state index is 12.7. The van der Waals surface area contributed by atoms with Crippen LogP contribution in [-0.4, -0.2) is 16.3 Å². The van der Waals surface area contributed by atoms with E-state index in [-0.39, 0.29) is 6.09 Å². The number of ether oxygens (including phenoxy) is 1. The highest BCUT2D eigenvalue weighted by Gasteiger charge is 2.23. The van der Waals surface area contributed by atoms with Crippen molar-refractivity contribution in [3.8, 4) is 0 Å². The molecule has 0 N–H and O–H groups in total. The maximum absolute atomic E-state index is 12.7. The minimum atomic E-state index is -0.463. The van der Waals surface area contributed by atoms with Gasteiger partial charge in [0.2, 0.25) is 0 Å². The Balaban J connectivity index is 2.93. The number of rotatable bonds is 11. The molecule has 1 rings (SSSR count). The van der Waals surface area contributed by atoms with Crippen LogP contribution in [-0.2, 0) is 24.0 Å². The molecule has 0 unspecified atom stereocenters. The van der Waals surface area contributed by atoms with Crippen LogP contribution in [0.3, 0.4) is 0 Å². The predicted molar refractivity (Wildman–Crippen MR) is 111 cm³/mol. The van der Waals surface area contributed by atoms with Crippen LogP contribution < -0.4 is 0 Å². The van der Waals surface area contributed by atoms with Crippen LogP contribution in [0.4, 0.5) is 4.79 Å². The van der Waals surface area contributed by atoms with Gasteiger partial charge in [0, 0.05) is 11.9 Å². The van der Waals surface area contributed by atoms with E-state index in [1.165, 1.54) is 55.3 Å². The minimum Gasteiger partial charge on any atom is -0.443 e. The second-order valence-corrected chi connectivity index (χ2v) is 8.45. The van der Waals surface area contributed by atoms with E-state index in [1.54, 1.807) is 4.57 Å². The number of hydrogen-bond donors (Lipinski definition) is 0. The van der Waals surface area contributed by atoms with E-state index in [4.69, 9.17) is 4.74 Å². The molecule has 1 aromatic rings. The van der Waals surface area contributed by atoms with Crippen LogP contribution in [0, 0.1) is 0 Å². The third-order valence-electron chi connectivity index (χ3n) is 4.69. The number of unbranched alkanes of at least 4 members (excludes halogenated alkanes) is 5. The summed E-state index contributed by atoms with van der Waals surface area (Å²) >= 11 is 0. The van der Waals surface area contributed by atoms with Crippen molar-refractivity contribution in [2.24, 2.45) is 0 Å². The Bertz CT molecular complexity index is 537. The van der Waals surface area contributed by atoms with Crippen LogP contribution in [0.5, 0.6) is 0 Å². The normalized spacial score (nSPS) is 11.8. The first-order valence-electron chi connectivity index (χ1n) is 10.8. The second-order valence-electron chi connectivity index (χ2n) is 8.45. The van der Waals surface area contributed by atoms with Crippen molar-refractivity contribution in [1.29, 1.82) is 0 Å². The van der Waals surface area contributed by atoms with Gasteiger partial charge in [-0.3, -0.25) is 4.57 Å². The first-order chi connectivity index (χ1) is 12.3. The quantitative estimate of drug-likeness (QED) is 0.393. The van der Waals surface area contributed by atoms with Gasteiger partial charge in [0.1, 0.15) is 5.60 Å². The molecule has 0 fully saturated rings. The van der Waals surface area contributed by atoms with Crippen molar-refractivity contribution in [3.63, 3.8) is 0 Å². The average molecular weight is 364 g/mol. The first-order valence-corrected chi connectivity index (χ1v) is 10.8. The van der Waals surface area contributed by atoms with E-state index in [2.05, 4.69) is 27.0 Å². The third kappa shape index (κ3) is 7.55. The van der Waals surface area contributed by atoms with E-state index < -0.39 is 5.60 Å². The van der Waals surface area contributed by atoms with Crippen LogP contribution in [0.1, 0.15) is 110 Å². The largest absolute Gasteiger partial charge is 0.443 e. The molecule has 0 saturated heterocycles. The van der Waals surface area contributed by atoms with Crippen LogP contribution in [0.25, 0.3) is 0 Å². The van der Waals surface area contributed by atoms with Crippen molar-refractivity contribution in [2.45, 2.75) is 118 Å². The average Bonchev–Trinajstić information content (AvgIpc) is 2.88. The van der Waals surface area contributed by atoms with Gasteiger partial charge in [0.05, 0.1) is 0 Å². The molecule has 1 aromatic heterocycles. The number of hydrogen-bond acceptors (Lipinski definition) is 2. The molecule has 3 nitrogen and oxygen atoms in total. The van der Waals surface area contributed by atoms with Gasteiger partial charge in [-0.25, -0.2) is 4.79 Å². The first kappa shape index (κ1) is 22.8. The van der Waals surface area contributed by atoms with Gasteiger partial charge in [0.15, 0.2) is 0 Å². The van der Waals surface area contributed by atoms with E-state index in [0.717, 1.165) is 32.1 Å². The third-order valence-corrected chi connectivity index (χ3v) is 4.69. The molecule has 0 bridgehead atoms. The molecule has 0 aliphatic heterocycles. The van der Waals surface area contributed by atoms with Crippen molar-refractivity contribution in [1.82, 2.24) is 4.57 Å². The monoisotopic (exact) mass is 363 g/mol. The van der Waals surface area contributed by atoms with Crippen molar-refractivity contribution < 1.29 is 9.53 Å². The Morgan fingerprint density at radius 3 is 2.08 bits per heavy atom. The molecule has 1 heterocycles. The van der Waals surface area contributed by atoms with Gasteiger partial charge >= 0.3 is 6.09 Å². The summed E-state index contributed by atoms with van der Waals surface area (Å²) in [6.07, 6.45) is 14.9. The van der Waals surface area contributed by atoms with Crippen LogP contribution in [0.15, 0.2) is 6.20 Å². The summed E-state index contributed by atoms with van der Waals surface area (Å²) in [4.78, 5) is 12.7. The zero-order valence-corrected chi connectivity index (χ0v) is 18.1. The number of carbonyl (C=O) groups excluding carboxylic acids is 1. The molecule has 3 heteroatoms. The van der Waals surface area contributed by atoms with Crippen LogP contribution >= 0.6 is 0 Å². The summed E-state index contributed by atoms with van der Waals surface area (Å²) in [5.41, 5.74) is 3.46. The lowest BCUT2D eigenvalue weighted by molar-refractivity contribution is 0.0532. The molecule has 0 aliphatic rings. The van der Waals surface area contributed by atoms with Gasteiger partial charge in [0.25, 0.3) is 0 Å². The molecule has 150 valence electrons. The highest BCUT2D eigenvalue weighted by molar-refractivity contribution is 5.73. The van der Waals surface area contributed by atoms with Gasteiger partial charge < -0.3 is 4.74 Å². The molecular formula is C23H41NO2. The molecule has 0 aromatic carbocycles. The fourth-order valence-electron chi connectivity index (χ4n) is 3.49. The summed E-state index contributed by atoms with van der Waals surface area (Å²) in [5.74, 6) is 0. The smallest absolute Gasteiger partial charge is 0.418 e. The Hall–Kier alpha value is -1.25.